The molecule has 1 heteroatoms. The molecule has 0 radical (unpaired) electrons. The van der Waals surface area contributed by atoms with Crippen LogP contribution in [0, 0.1) is 11.8 Å². The minimum Gasteiger partial charge on any atom is -0.327 e. The summed E-state index contributed by atoms with van der Waals surface area (Å²) in [6.07, 6.45) is 7.16. The fourth-order valence-electron chi connectivity index (χ4n) is 1.82. The molecule has 2 rings (SSSR count). The first-order chi connectivity index (χ1) is 3.86. The molecule has 2 N–H and O–H groups in total. The van der Waals surface area contributed by atoms with Crippen molar-refractivity contribution >= 4 is 0 Å². The van der Waals surface area contributed by atoms with Crippen LogP contribution in [0.1, 0.15) is 12.8 Å². The maximum Gasteiger partial charge on any atom is 0.0108 e. The van der Waals surface area contributed by atoms with Gasteiger partial charge in [-0.25, -0.2) is 0 Å². The van der Waals surface area contributed by atoms with Gasteiger partial charge in [0.2, 0.25) is 0 Å². The number of hydrogen-bond acceptors (Lipinski definition) is 1. The van der Waals surface area contributed by atoms with E-state index in [1.54, 1.807) is 0 Å². The van der Waals surface area contributed by atoms with Crippen LogP contribution in [0.15, 0.2) is 12.2 Å². The molecule has 44 valence electrons. The molecule has 0 spiro atoms. The molecule has 1 fully saturated rings. The smallest absolute Gasteiger partial charge is 0.0108 e. The van der Waals surface area contributed by atoms with Gasteiger partial charge in [-0.2, -0.15) is 0 Å². The molecule has 2 aliphatic rings. The first kappa shape index (κ1) is 4.57. The van der Waals surface area contributed by atoms with Crippen LogP contribution in [-0.2, 0) is 0 Å². The van der Waals surface area contributed by atoms with Crippen molar-refractivity contribution in [1.29, 1.82) is 0 Å². The van der Waals surface area contributed by atoms with E-state index in [0.29, 0.717) is 6.04 Å². The summed E-state index contributed by atoms with van der Waals surface area (Å²) in [5.41, 5.74) is 5.77. The van der Waals surface area contributed by atoms with Crippen molar-refractivity contribution in [3.05, 3.63) is 12.2 Å². The average molecular weight is 109 g/mol. The van der Waals surface area contributed by atoms with Crippen LogP contribution in [0.3, 0.4) is 0 Å². The van der Waals surface area contributed by atoms with E-state index in [1.165, 1.54) is 12.8 Å². The molecule has 0 heterocycles. The van der Waals surface area contributed by atoms with Crippen molar-refractivity contribution in [2.75, 3.05) is 0 Å². The number of fused-ring (bicyclic) bond motifs is 2. The van der Waals surface area contributed by atoms with Crippen LogP contribution in [0.5, 0.6) is 0 Å². The topological polar surface area (TPSA) is 26.0 Å². The zero-order chi connectivity index (χ0) is 5.56. The molecule has 2 aliphatic carbocycles. The van der Waals surface area contributed by atoms with E-state index in [0.717, 1.165) is 11.8 Å². The van der Waals surface area contributed by atoms with Crippen molar-refractivity contribution in [1.82, 2.24) is 0 Å². The van der Waals surface area contributed by atoms with Gasteiger partial charge in [0.05, 0.1) is 0 Å². The maximum absolute atomic E-state index is 5.77. The Morgan fingerprint density at radius 3 is 2.38 bits per heavy atom. The van der Waals surface area contributed by atoms with Crippen molar-refractivity contribution in [3.8, 4) is 0 Å². The van der Waals surface area contributed by atoms with Gasteiger partial charge in [-0.1, -0.05) is 12.2 Å². The second-order valence-electron chi connectivity index (χ2n) is 2.94. The second-order valence-corrected chi connectivity index (χ2v) is 2.94. The van der Waals surface area contributed by atoms with Crippen LogP contribution < -0.4 is 5.73 Å². The van der Waals surface area contributed by atoms with Gasteiger partial charge < -0.3 is 5.73 Å². The third-order valence-electron chi connectivity index (χ3n) is 2.33. The Morgan fingerprint density at radius 2 is 2.12 bits per heavy atom. The molecule has 1 saturated carbocycles. The van der Waals surface area contributed by atoms with E-state index < -0.39 is 0 Å². The van der Waals surface area contributed by atoms with E-state index in [9.17, 15) is 0 Å². The zero-order valence-electron chi connectivity index (χ0n) is 4.88. The largest absolute Gasteiger partial charge is 0.327 e. The number of hydrogen-bond donors (Lipinski definition) is 1. The van der Waals surface area contributed by atoms with E-state index in [-0.39, 0.29) is 0 Å². The van der Waals surface area contributed by atoms with Crippen molar-refractivity contribution < 1.29 is 0 Å². The van der Waals surface area contributed by atoms with Gasteiger partial charge in [0.15, 0.2) is 0 Å². The van der Waals surface area contributed by atoms with Crippen molar-refractivity contribution in [3.63, 3.8) is 0 Å². The van der Waals surface area contributed by atoms with Gasteiger partial charge in [0.1, 0.15) is 0 Å². The SMILES string of the molecule is N[C@@H]1C[C@@H]2C=C[C@H]1C2. The highest BCUT2D eigenvalue weighted by Gasteiger charge is 2.32. The highest BCUT2D eigenvalue weighted by molar-refractivity contribution is 5.11. The number of rotatable bonds is 0. The monoisotopic (exact) mass is 109 g/mol. The van der Waals surface area contributed by atoms with E-state index in [1.807, 2.05) is 0 Å². The van der Waals surface area contributed by atoms with Crippen molar-refractivity contribution in [2.45, 2.75) is 18.9 Å². The van der Waals surface area contributed by atoms with Gasteiger partial charge >= 0.3 is 0 Å². The van der Waals surface area contributed by atoms with E-state index in [2.05, 4.69) is 12.2 Å². The summed E-state index contributed by atoms with van der Waals surface area (Å²) in [6, 6.07) is 0.491. The lowest BCUT2D eigenvalue weighted by Crippen LogP contribution is -2.23. The van der Waals surface area contributed by atoms with Crippen LogP contribution >= 0.6 is 0 Å². The highest BCUT2D eigenvalue weighted by atomic mass is 14.7. The third-order valence-corrected chi connectivity index (χ3v) is 2.33. The maximum atomic E-state index is 5.77. The first-order valence-electron chi connectivity index (χ1n) is 3.30. The Balaban J connectivity index is 2.23. The summed E-state index contributed by atoms with van der Waals surface area (Å²) in [5, 5.41) is 0. The normalized spacial score (nSPS) is 50.9. The first-order valence-corrected chi connectivity index (χ1v) is 3.30. The predicted octanol–water partition coefficient (Wildman–Crippen LogP) is 0.910. The Bertz CT molecular complexity index is 128. The molecular weight excluding hydrogens is 98.1 g/mol. The summed E-state index contributed by atoms with van der Waals surface area (Å²) in [6.45, 7) is 0. The van der Waals surface area contributed by atoms with E-state index >= 15 is 0 Å². The van der Waals surface area contributed by atoms with Crippen LogP contribution in [0.4, 0.5) is 0 Å². The summed E-state index contributed by atoms with van der Waals surface area (Å²) >= 11 is 0. The number of nitrogens with two attached hydrogens (primary N) is 1. The van der Waals surface area contributed by atoms with E-state index in [4.69, 9.17) is 5.73 Å². The number of allylic oxidation sites excluding steroid dienone is 1. The van der Waals surface area contributed by atoms with Gasteiger partial charge in [0, 0.05) is 6.04 Å². The van der Waals surface area contributed by atoms with Crippen molar-refractivity contribution in [2.24, 2.45) is 17.6 Å². The quantitative estimate of drug-likeness (QED) is 0.460. The lowest BCUT2D eigenvalue weighted by Gasteiger charge is -2.10. The molecule has 0 aromatic carbocycles. The Morgan fingerprint density at radius 1 is 1.25 bits per heavy atom. The Hall–Kier alpha value is -0.300. The molecule has 1 nitrogen and oxygen atoms in total. The molecule has 3 atom stereocenters. The predicted molar refractivity (Wildman–Crippen MR) is 33.3 cm³/mol. The van der Waals surface area contributed by atoms with Crippen LogP contribution in [0.25, 0.3) is 0 Å². The summed E-state index contributed by atoms with van der Waals surface area (Å²) in [7, 11) is 0. The summed E-state index contributed by atoms with van der Waals surface area (Å²) in [5.74, 6) is 1.58. The summed E-state index contributed by atoms with van der Waals surface area (Å²) in [4.78, 5) is 0. The molecule has 0 saturated heterocycles. The highest BCUT2D eigenvalue weighted by Crippen LogP contribution is 2.37. The third kappa shape index (κ3) is 0.451. The molecule has 0 aromatic heterocycles. The average Bonchev–Trinajstić information content (AvgIpc) is 2.23. The summed E-state index contributed by atoms with van der Waals surface area (Å²) < 4.78 is 0. The standard InChI is InChI=1S/C7H11N/c8-7-4-5-1-2-6(7)3-5/h1-2,5-7H,3-4,8H2/t5-,6+,7-/m1/s1. The molecular formula is C7H11N. The minimum absolute atomic E-state index is 0.491. The van der Waals surface area contributed by atoms with Crippen LogP contribution in [-0.4, -0.2) is 6.04 Å². The fraction of sp³-hybridized carbons (Fsp3) is 0.714. The van der Waals surface area contributed by atoms with Crippen LogP contribution in [0.2, 0.25) is 0 Å². The zero-order valence-corrected chi connectivity index (χ0v) is 4.88. The van der Waals surface area contributed by atoms with Gasteiger partial charge in [0.25, 0.3) is 0 Å². The van der Waals surface area contributed by atoms with Gasteiger partial charge in [-0.15, -0.1) is 0 Å². The molecule has 2 bridgehead atoms. The molecule has 0 amide bonds. The van der Waals surface area contributed by atoms with Gasteiger partial charge in [-0.05, 0) is 24.7 Å². The Kier molecular flexibility index (Phi) is 0.770. The fourth-order valence-corrected chi connectivity index (χ4v) is 1.82. The molecule has 0 unspecified atom stereocenters. The molecule has 0 aromatic rings. The minimum atomic E-state index is 0.491. The lowest BCUT2D eigenvalue weighted by atomic mass is 10.0. The lowest BCUT2D eigenvalue weighted by molar-refractivity contribution is 0.576. The molecule has 8 heavy (non-hydrogen) atoms. The second kappa shape index (κ2) is 1.35. The van der Waals surface area contributed by atoms with Gasteiger partial charge in [-0.3, -0.25) is 0 Å². The molecule has 0 aliphatic heterocycles. The Labute approximate surface area is 49.6 Å².